The van der Waals surface area contributed by atoms with E-state index < -0.39 is 20.2 Å². The summed E-state index contributed by atoms with van der Waals surface area (Å²) in [4.78, 5) is 0. The molecule has 3 nitrogen and oxygen atoms in total. The molecule has 1 N–H and O–H groups in total. The number of unbranched alkanes of at least 4 members (excludes halogenated alkanes) is 10. The summed E-state index contributed by atoms with van der Waals surface area (Å²) in [6, 6.07) is 0. The quantitative estimate of drug-likeness (QED) is 0.211. The Morgan fingerprint density at radius 1 is 0.727 bits per heavy atom. The van der Waals surface area contributed by atoms with E-state index in [0.29, 0.717) is 6.42 Å². The third-order valence-corrected chi connectivity index (χ3v) is 6.58. The van der Waals surface area contributed by atoms with Gasteiger partial charge >= 0.3 is 0 Å². The van der Waals surface area contributed by atoms with Gasteiger partial charge in [-0.2, -0.15) is 8.42 Å². The fourth-order valence-electron chi connectivity index (χ4n) is 2.34. The highest BCUT2D eigenvalue weighted by Crippen LogP contribution is 2.21. The first kappa shape index (κ1) is 22.8. The fraction of sp³-hybridized carbons (Fsp3) is 1.00. The minimum absolute atomic E-state index is 0.510. The SMILES string of the molecule is O=S(=O)(O)C(Cl)C(Cl)CCCCCCCCCCCCCCl. The second-order valence-electron chi connectivity index (χ2n) is 5.75. The standard InChI is InChI=1S/C15H29Cl3O3S/c16-13-11-9-7-5-3-1-2-4-6-8-10-12-14(17)15(18)22(19,20)21/h14-15H,1-13H2,(H,19,20,21). The molecule has 2 unspecified atom stereocenters. The van der Waals surface area contributed by atoms with E-state index in [-0.39, 0.29) is 0 Å². The van der Waals surface area contributed by atoms with Gasteiger partial charge in [0.2, 0.25) is 0 Å². The Morgan fingerprint density at radius 3 is 1.45 bits per heavy atom. The Morgan fingerprint density at radius 2 is 1.09 bits per heavy atom. The van der Waals surface area contributed by atoms with E-state index in [0.717, 1.165) is 31.6 Å². The molecular formula is C15H29Cl3O3S. The molecule has 2 atom stereocenters. The Hall–Kier alpha value is 0.780. The van der Waals surface area contributed by atoms with Crippen LogP contribution < -0.4 is 0 Å². The first-order chi connectivity index (χ1) is 10.4. The summed E-state index contributed by atoms with van der Waals surface area (Å²) in [7, 11) is -4.24. The summed E-state index contributed by atoms with van der Waals surface area (Å²) in [6.45, 7) is 0. The van der Waals surface area contributed by atoms with Gasteiger partial charge in [-0.1, -0.05) is 64.2 Å². The van der Waals surface area contributed by atoms with Crippen molar-refractivity contribution in [3.63, 3.8) is 0 Å². The maximum absolute atomic E-state index is 10.8. The van der Waals surface area contributed by atoms with Crippen LogP contribution in [0.2, 0.25) is 0 Å². The number of alkyl halides is 3. The molecule has 0 aromatic heterocycles. The molecule has 0 aliphatic carbocycles. The van der Waals surface area contributed by atoms with Crippen LogP contribution in [0.15, 0.2) is 0 Å². The van der Waals surface area contributed by atoms with Crippen molar-refractivity contribution in [2.45, 2.75) is 87.1 Å². The third-order valence-electron chi connectivity index (χ3n) is 3.68. The van der Waals surface area contributed by atoms with Gasteiger partial charge in [-0.15, -0.1) is 34.8 Å². The molecular weight excluding hydrogens is 367 g/mol. The molecule has 0 aromatic carbocycles. The van der Waals surface area contributed by atoms with Crippen molar-refractivity contribution in [2.24, 2.45) is 0 Å². The minimum Gasteiger partial charge on any atom is -0.284 e. The lowest BCUT2D eigenvalue weighted by Crippen LogP contribution is -2.24. The highest BCUT2D eigenvalue weighted by molar-refractivity contribution is 7.87. The lowest BCUT2D eigenvalue weighted by atomic mass is 10.0. The van der Waals surface area contributed by atoms with Crippen LogP contribution in [-0.4, -0.2) is 28.9 Å². The average Bonchev–Trinajstić information content (AvgIpc) is 2.46. The van der Waals surface area contributed by atoms with Gasteiger partial charge in [-0.3, -0.25) is 4.55 Å². The first-order valence-corrected chi connectivity index (χ1v) is 11.1. The highest BCUT2D eigenvalue weighted by atomic mass is 35.5. The molecule has 7 heteroatoms. The van der Waals surface area contributed by atoms with E-state index >= 15 is 0 Å². The van der Waals surface area contributed by atoms with Crippen LogP contribution in [-0.2, 0) is 10.1 Å². The maximum Gasteiger partial charge on any atom is 0.283 e. The fourth-order valence-corrected chi connectivity index (χ4v) is 3.71. The summed E-state index contributed by atoms with van der Waals surface area (Å²) >= 11 is 17.1. The summed E-state index contributed by atoms with van der Waals surface area (Å²) in [5.74, 6) is 0.776. The van der Waals surface area contributed by atoms with Crippen LogP contribution in [0.4, 0.5) is 0 Å². The number of hydrogen-bond donors (Lipinski definition) is 1. The van der Waals surface area contributed by atoms with Crippen molar-refractivity contribution in [1.29, 1.82) is 0 Å². The minimum atomic E-state index is -4.24. The maximum atomic E-state index is 10.8. The number of hydrogen-bond acceptors (Lipinski definition) is 2. The van der Waals surface area contributed by atoms with Gasteiger partial charge in [0.15, 0.2) is 4.71 Å². The average molecular weight is 396 g/mol. The zero-order valence-electron chi connectivity index (χ0n) is 13.2. The second kappa shape index (κ2) is 14.2. The molecule has 0 spiro atoms. The van der Waals surface area contributed by atoms with Gasteiger partial charge in [-0.05, 0) is 12.8 Å². The molecule has 0 radical (unpaired) electrons. The second-order valence-corrected chi connectivity index (χ2v) is 8.95. The molecule has 0 bridgehead atoms. The normalized spacial score (nSPS) is 14.9. The molecule has 0 aromatic rings. The van der Waals surface area contributed by atoms with Gasteiger partial charge in [0.1, 0.15) is 0 Å². The van der Waals surface area contributed by atoms with Gasteiger partial charge < -0.3 is 0 Å². The Balaban J connectivity index is 3.33. The molecule has 0 saturated heterocycles. The first-order valence-electron chi connectivity index (χ1n) is 8.20. The van der Waals surface area contributed by atoms with Gasteiger partial charge in [0, 0.05) is 5.88 Å². The van der Waals surface area contributed by atoms with Crippen molar-refractivity contribution >= 4 is 44.9 Å². The van der Waals surface area contributed by atoms with E-state index in [9.17, 15) is 8.42 Å². The lowest BCUT2D eigenvalue weighted by molar-refractivity contribution is 0.473. The van der Waals surface area contributed by atoms with E-state index in [1.165, 1.54) is 44.9 Å². The predicted octanol–water partition coefficient (Wildman–Crippen LogP) is 5.97. The lowest BCUT2D eigenvalue weighted by Gasteiger charge is -2.12. The topological polar surface area (TPSA) is 54.4 Å². The van der Waals surface area contributed by atoms with Crippen LogP contribution in [0.25, 0.3) is 0 Å². The van der Waals surface area contributed by atoms with E-state index in [1.807, 2.05) is 0 Å². The molecule has 0 amide bonds. The van der Waals surface area contributed by atoms with Crippen LogP contribution in [0.1, 0.15) is 77.0 Å². The van der Waals surface area contributed by atoms with Crippen molar-refractivity contribution < 1.29 is 13.0 Å². The molecule has 0 aliphatic heterocycles. The Bertz CT molecular complexity index is 350. The molecule has 0 heterocycles. The van der Waals surface area contributed by atoms with Crippen molar-refractivity contribution in [2.75, 3.05) is 5.88 Å². The largest absolute Gasteiger partial charge is 0.284 e. The number of rotatable bonds is 15. The zero-order chi connectivity index (χ0) is 16.8. The highest BCUT2D eigenvalue weighted by Gasteiger charge is 2.27. The number of halogens is 3. The Labute approximate surface area is 150 Å². The summed E-state index contributed by atoms with van der Waals surface area (Å²) in [6.07, 6.45) is 13.5. The van der Waals surface area contributed by atoms with Crippen LogP contribution in [0.5, 0.6) is 0 Å². The third kappa shape index (κ3) is 13.2. The summed E-state index contributed by atoms with van der Waals surface area (Å²) in [5, 5.41) is -0.732. The van der Waals surface area contributed by atoms with Crippen molar-refractivity contribution in [1.82, 2.24) is 0 Å². The zero-order valence-corrected chi connectivity index (χ0v) is 16.2. The molecule has 0 rings (SSSR count). The van der Waals surface area contributed by atoms with Gasteiger partial charge in [0.05, 0.1) is 5.38 Å². The van der Waals surface area contributed by atoms with Crippen LogP contribution >= 0.6 is 34.8 Å². The molecule has 22 heavy (non-hydrogen) atoms. The van der Waals surface area contributed by atoms with E-state index in [4.69, 9.17) is 39.4 Å². The monoisotopic (exact) mass is 394 g/mol. The van der Waals surface area contributed by atoms with Gasteiger partial charge in [-0.25, -0.2) is 0 Å². The predicted molar refractivity (Wildman–Crippen MR) is 97.0 cm³/mol. The van der Waals surface area contributed by atoms with E-state index in [2.05, 4.69) is 0 Å². The molecule has 0 aliphatic rings. The summed E-state index contributed by atoms with van der Waals surface area (Å²) in [5.41, 5.74) is 0. The van der Waals surface area contributed by atoms with Crippen LogP contribution in [0.3, 0.4) is 0 Å². The smallest absolute Gasteiger partial charge is 0.283 e. The molecule has 134 valence electrons. The van der Waals surface area contributed by atoms with Crippen LogP contribution in [0, 0.1) is 0 Å². The van der Waals surface area contributed by atoms with Gasteiger partial charge in [0.25, 0.3) is 10.1 Å². The molecule has 0 fully saturated rings. The van der Waals surface area contributed by atoms with Crippen molar-refractivity contribution in [3.8, 4) is 0 Å². The Kier molecular flexibility index (Phi) is 14.7. The van der Waals surface area contributed by atoms with E-state index in [1.54, 1.807) is 0 Å². The molecule has 0 saturated carbocycles. The summed E-state index contributed by atoms with van der Waals surface area (Å²) < 4.78 is 29.0. The van der Waals surface area contributed by atoms with Crippen molar-refractivity contribution in [3.05, 3.63) is 0 Å².